The molecule has 0 fully saturated rings. The highest BCUT2D eigenvalue weighted by atomic mass is 14.4. The SMILES string of the molecule is CCCC1=C(C(C)C2=C(CCC)Cc3cccc(-c4ccccc4)c32)c2c(cccc2-c2ccccc2)C1. The summed E-state index contributed by atoms with van der Waals surface area (Å²) in [7, 11) is 0. The lowest BCUT2D eigenvalue weighted by molar-refractivity contribution is 0.853. The lowest BCUT2D eigenvalue weighted by Crippen LogP contribution is -2.06. The van der Waals surface area contributed by atoms with Crippen LogP contribution >= 0.6 is 0 Å². The van der Waals surface area contributed by atoms with Crippen LogP contribution in [0.3, 0.4) is 0 Å². The third-order valence-electron chi connectivity index (χ3n) is 8.55. The van der Waals surface area contributed by atoms with E-state index in [2.05, 4.69) is 118 Å². The zero-order valence-electron chi connectivity index (χ0n) is 23.1. The van der Waals surface area contributed by atoms with E-state index in [9.17, 15) is 0 Å². The summed E-state index contributed by atoms with van der Waals surface area (Å²) in [6, 6.07) is 36.0. The molecule has 190 valence electrons. The van der Waals surface area contributed by atoms with Crippen LogP contribution < -0.4 is 0 Å². The van der Waals surface area contributed by atoms with Gasteiger partial charge in [0.2, 0.25) is 0 Å². The minimum absolute atomic E-state index is 0.357. The molecule has 0 atom stereocenters. The molecule has 0 saturated carbocycles. The van der Waals surface area contributed by atoms with Gasteiger partial charge in [-0.05, 0) is 81.3 Å². The summed E-state index contributed by atoms with van der Waals surface area (Å²) in [5, 5.41) is 0. The fourth-order valence-corrected chi connectivity index (χ4v) is 7.09. The quantitative estimate of drug-likeness (QED) is 0.228. The fraction of sp³-hybridized carbons (Fsp3) is 0.263. The van der Waals surface area contributed by atoms with E-state index in [0.29, 0.717) is 5.92 Å². The average Bonchev–Trinajstić information content (AvgIpc) is 3.52. The first kappa shape index (κ1) is 24.7. The second kappa shape index (κ2) is 10.6. The number of fused-ring (bicyclic) bond motifs is 2. The molecule has 0 radical (unpaired) electrons. The van der Waals surface area contributed by atoms with Gasteiger partial charge in [-0.1, -0.05) is 142 Å². The van der Waals surface area contributed by atoms with Crippen LogP contribution in [0.25, 0.3) is 33.4 Å². The Morgan fingerprint density at radius 3 is 1.34 bits per heavy atom. The van der Waals surface area contributed by atoms with Crippen molar-refractivity contribution in [3.8, 4) is 22.3 Å². The van der Waals surface area contributed by atoms with Gasteiger partial charge >= 0.3 is 0 Å². The Bertz CT molecular complexity index is 1400. The number of allylic oxidation sites excluding steroid dienone is 4. The zero-order valence-corrected chi connectivity index (χ0v) is 23.1. The van der Waals surface area contributed by atoms with Gasteiger partial charge in [0.1, 0.15) is 0 Å². The first-order valence-corrected chi connectivity index (χ1v) is 14.5. The summed E-state index contributed by atoms with van der Waals surface area (Å²) in [6.07, 6.45) is 6.90. The van der Waals surface area contributed by atoms with Gasteiger partial charge in [0.25, 0.3) is 0 Å². The van der Waals surface area contributed by atoms with Gasteiger partial charge in [-0.25, -0.2) is 0 Å². The molecule has 4 aromatic rings. The van der Waals surface area contributed by atoms with E-state index in [0.717, 1.165) is 12.8 Å². The van der Waals surface area contributed by atoms with E-state index in [1.165, 1.54) is 70.2 Å². The van der Waals surface area contributed by atoms with Crippen LogP contribution in [0.1, 0.15) is 68.7 Å². The molecule has 6 rings (SSSR count). The van der Waals surface area contributed by atoms with Crippen LogP contribution in [-0.2, 0) is 12.8 Å². The summed E-state index contributed by atoms with van der Waals surface area (Å²) in [5.41, 5.74) is 17.9. The Labute approximate surface area is 228 Å². The van der Waals surface area contributed by atoms with E-state index >= 15 is 0 Å². The molecule has 2 aliphatic carbocycles. The van der Waals surface area contributed by atoms with E-state index in [4.69, 9.17) is 0 Å². The molecule has 0 heteroatoms. The molecule has 0 aromatic heterocycles. The van der Waals surface area contributed by atoms with Gasteiger partial charge < -0.3 is 0 Å². The van der Waals surface area contributed by atoms with Crippen molar-refractivity contribution in [1.29, 1.82) is 0 Å². The molecule has 0 bridgehead atoms. The summed E-state index contributed by atoms with van der Waals surface area (Å²) < 4.78 is 0. The van der Waals surface area contributed by atoms with E-state index in [1.54, 1.807) is 22.3 Å². The minimum Gasteiger partial charge on any atom is -0.0651 e. The number of rotatable bonds is 8. The van der Waals surface area contributed by atoms with Crippen molar-refractivity contribution in [2.75, 3.05) is 0 Å². The highest BCUT2D eigenvalue weighted by molar-refractivity contribution is 5.98. The second-order valence-electron chi connectivity index (χ2n) is 11.0. The van der Waals surface area contributed by atoms with E-state index in [-0.39, 0.29) is 0 Å². The predicted octanol–water partition coefficient (Wildman–Crippen LogP) is 10.6. The molecular weight excluding hydrogens is 456 g/mol. The van der Waals surface area contributed by atoms with Gasteiger partial charge in [0.15, 0.2) is 0 Å². The molecule has 0 heterocycles. The normalized spacial score (nSPS) is 14.4. The van der Waals surface area contributed by atoms with Crippen molar-refractivity contribution in [3.63, 3.8) is 0 Å². The molecule has 0 unspecified atom stereocenters. The number of hydrogen-bond donors (Lipinski definition) is 0. The molecule has 0 N–H and O–H groups in total. The van der Waals surface area contributed by atoms with Crippen LogP contribution in [0.4, 0.5) is 0 Å². The Balaban J connectivity index is 1.56. The molecule has 0 amide bonds. The summed E-state index contributed by atoms with van der Waals surface area (Å²) in [5.74, 6) is 0.357. The maximum atomic E-state index is 2.50. The van der Waals surface area contributed by atoms with Crippen LogP contribution in [0.15, 0.2) is 108 Å². The maximum Gasteiger partial charge on any atom is 0.00728 e. The summed E-state index contributed by atoms with van der Waals surface area (Å²) >= 11 is 0. The molecule has 0 aliphatic heterocycles. The lowest BCUT2D eigenvalue weighted by Gasteiger charge is -2.25. The second-order valence-corrected chi connectivity index (χ2v) is 11.0. The van der Waals surface area contributed by atoms with Gasteiger partial charge in [-0.2, -0.15) is 0 Å². The topological polar surface area (TPSA) is 0 Å². The smallest absolute Gasteiger partial charge is 0.00728 e. The van der Waals surface area contributed by atoms with Crippen LogP contribution in [-0.4, -0.2) is 0 Å². The molecule has 4 aromatic carbocycles. The number of benzene rings is 4. The van der Waals surface area contributed by atoms with Gasteiger partial charge in [-0.15, -0.1) is 0 Å². The summed E-state index contributed by atoms with van der Waals surface area (Å²) in [6.45, 7) is 7.16. The van der Waals surface area contributed by atoms with Crippen molar-refractivity contribution in [1.82, 2.24) is 0 Å². The van der Waals surface area contributed by atoms with Gasteiger partial charge in [0, 0.05) is 5.92 Å². The van der Waals surface area contributed by atoms with Crippen molar-refractivity contribution in [3.05, 3.63) is 130 Å². The molecule has 0 saturated heterocycles. The van der Waals surface area contributed by atoms with Crippen LogP contribution in [0, 0.1) is 5.92 Å². The largest absolute Gasteiger partial charge is 0.0651 e. The van der Waals surface area contributed by atoms with Crippen LogP contribution in [0.5, 0.6) is 0 Å². The Hall–Kier alpha value is -3.64. The molecule has 0 nitrogen and oxygen atoms in total. The van der Waals surface area contributed by atoms with Crippen molar-refractivity contribution in [2.24, 2.45) is 5.92 Å². The lowest BCUT2D eigenvalue weighted by atomic mass is 9.79. The van der Waals surface area contributed by atoms with Crippen molar-refractivity contribution < 1.29 is 0 Å². The highest BCUT2D eigenvalue weighted by Crippen LogP contribution is 2.52. The first-order valence-electron chi connectivity index (χ1n) is 14.5. The average molecular weight is 495 g/mol. The Morgan fingerprint density at radius 2 is 0.947 bits per heavy atom. The highest BCUT2D eigenvalue weighted by Gasteiger charge is 2.34. The van der Waals surface area contributed by atoms with Crippen molar-refractivity contribution >= 4 is 11.1 Å². The molecule has 38 heavy (non-hydrogen) atoms. The first-order chi connectivity index (χ1) is 18.7. The standard InChI is InChI=1S/C38H38/c1-4-14-29-24-31-20-12-22-33(27-16-8-6-9-17-27)37(31)35(29)26(3)36-30(15-5-2)25-32-21-13-23-34(38(32)36)28-18-10-7-11-19-28/h6-13,16-23,26H,4-5,14-15,24-25H2,1-3H3. The van der Waals surface area contributed by atoms with Crippen LogP contribution in [0.2, 0.25) is 0 Å². The molecule has 2 aliphatic rings. The monoisotopic (exact) mass is 494 g/mol. The Kier molecular flexibility index (Phi) is 6.90. The van der Waals surface area contributed by atoms with Crippen molar-refractivity contribution in [2.45, 2.75) is 59.3 Å². The van der Waals surface area contributed by atoms with Gasteiger partial charge in [0.05, 0.1) is 0 Å². The molecular formula is C38H38. The molecule has 0 spiro atoms. The third-order valence-corrected chi connectivity index (χ3v) is 8.55. The number of hydrogen-bond acceptors (Lipinski definition) is 0. The third kappa shape index (κ3) is 4.27. The van der Waals surface area contributed by atoms with Gasteiger partial charge in [-0.3, -0.25) is 0 Å². The predicted molar refractivity (Wildman–Crippen MR) is 164 cm³/mol. The zero-order chi connectivity index (χ0) is 26.1. The summed E-state index contributed by atoms with van der Waals surface area (Å²) in [4.78, 5) is 0. The van der Waals surface area contributed by atoms with E-state index in [1.807, 2.05) is 0 Å². The van der Waals surface area contributed by atoms with E-state index < -0.39 is 0 Å². The maximum absolute atomic E-state index is 2.50. The Morgan fingerprint density at radius 1 is 0.526 bits per heavy atom. The minimum atomic E-state index is 0.357. The fourth-order valence-electron chi connectivity index (χ4n) is 7.09.